The highest BCUT2D eigenvalue weighted by molar-refractivity contribution is 7.93. The maximum absolute atomic E-state index is 12.5. The summed E-state index contributed by atoms with van der Waals surface area (Å²) in [7, 11) is -1.85. The molecule has 0 amide bonds. The van der Waals surface area contributed by atoms with Crippen LogP contribution in [-0.4, -0.2) is 26.3 Å². The molecule has 1 aromatic carbocycles. The van der Waals surface area contributed by atoms with E-state index < -0.39 is 14.6 Å². The Balaban J connectivity index is 2.45. The van der Waals surface area contributed by atoms with Crippen LogP contribution in [0.1, 0.15) is 19.8 Å². The lowest BCUT2D eigenvalue weighted by Crippen LogP contribution is -2.40. The fraction of sp³-hybridized carbons (Fsp3) is 0.500. The van der Waals surface area contributed by atoms with Crippen LogP contribution in [0.15, 0.2) is 29.2 Å². The third-order valence-electron chi connectivity index (χ3n) is 3.46. The Bertz CT molecular complexity index is 518. The molecule has 1 aliphatic rings. The zero-order valence-electron chi connectivity index (χ0n) is 10.0. The van der Waals surface area contributed by atoms with Crippen molar-refractivity contribution in [2.45, 2.75) is 35.4 Å². The average Bonchev–Trinajstić information content (AvgIpc) is 3.10. The van der Waals surface area contributed by atoms with E-state index in [9.17, 15) is 8.42 Å². The van der Waals surface area contributed by atoms with E-state index in [-0.39, 0.29) is 6.04 Å². The largest absolute Gasteiger partial charge is 0.497 e. The molecule has 1 aliphatic carbocycles. The van der Waals surface area contributed by atoms with Gasteiger partial charge in [-0.25, -0.2) is 8.42 Å². The van der Waals surface area contributed by atoms with Crippen molar-refractivity contribution in [2.75, 3.05) is 7.11 Å². The summed E-state index contributed by atoms with van der Waals surface area (Å²) < 4.78 is 29.3. The van der Waals surface area contributed by atoms with Crippen LogP contribution < -0.4 is 10.5 Å². The van der Waals surface area contributed by atoms with E-state index in [0.717, 1.165) is 0 Å². The number of hydrogen-bond donors (Lipinski definition) is 1. The molecule has 4 nitrogen and oxygen atoms in total. The molecule has 1 aromatic rings. The van der Waals surface area contributed by atoms with Crippen LogP contribution in [-0.2, 0) is 9.84 Å². The van der Waals surface area contributed by atoms with E-state index in [4.69, 9.17) is 10.5 Å². The Labute approximate surface area is 102 Å². The van der Waals surface area contributed by atoms with E-state index in [0.29, 0.717) is 23.5 Å². The fourth-order valence-corrected chi connectivity index (χ4v) is 4.22. The van der Waals surface area contributed by atoms with Crippen LogP contribution in [0, 0.1) is 0 Å². The molecule has 0 spiro atoms. The van der Waals surface area contributed by atoms with Crippen LogP contribution in [0.2, 0.25) is 0 Å². The maximum Gasteiger partial charge on any atom is 0.185 e. The van der Waals surface area contributed by atoms with Crippen molar-refractivity contribution >= 4 is 9.84 Å². The number of ether oxygens (including phenoxy) is 1. The van der Waals surface area contributed by atoms with Crippen molar-refractivity contribution < 1.29 is 13.2 Å². The van der Waals surface area contributed by atoms with Crippen LogP contribution in [0.25, 0.3) is 0 Å². The normalized spacial score (nSPS) is 19.7. The second kappa shape index (κ2) is 3.99. The fourth-order valence-electron chi connectivity index (χ4n) is 2.10. The highest BCUT2D eigenvalue weighted by Gasteiger charge is 2.57. The number of nitrogens with two attached hydrogens (primary N) is 1. The lowest BCUT2D eigenvalue weighted by molar-refractivity contribution is 0.413. The lowest BCUT2D eigenvalue weighted by atomic mass is 10.2. The summed E-state index contributed by atoms with van der Waals surface area (Å²) in [4.78, 5) is 0.298. The van der Waals surface area contributed by atoms with Crippen molar-refractivity contribution in [3.63, 3.8) is 0 Å². The van der Waals surface area contributed by atoms with Gasteiger partial charge >= 0.3 is 0 Å². The van der Waals surface area contributed by atoms with Gasteiger partial charge in [-0.1, -0.05) is 6.07 Å². The molecule has 0 aromatic heterocycles. The first-order valence-electron chi connectivity index (χ1n) is 5.58. The van der Waals surface area contributed by atoms with Gasteiger partial charge in [-0.15, -0.1) is 0 Å². The molecule has 0 radical (unpaired) electrons. The first kappa shape index (κ1) is 12.4. The summed E-state index contributed by atoms with van der Waals surface area (Å²) in [6.45, 7) is 1.75. The molecule has 1 fully saturated rings. The highest BCUT2D eigenvalue weighted by atomic mass is 32.2. The molecule has 1 saturated carbocycles. The number of hydrogen-bond acceptors (Lipinski definition) is 4. The smallest absolute Gasteiger partial charge is 0.185 e. The van der Waals surface area contributed by atoms with Crippen molar-refractivity contribution in [1.29, 1.82) is 0 Å². The van der Waals surface area contributed by atoms with Crippen molar-refractivity contribution in [1.82, 2.24) is 0 Å². The number of methoxy groups -OCH3 is 1. The van der Waals surface area contributed by atoms with Crippen molar-refractivity contribution in [2.24, 2.45) is 5.73 Å². The molecule has 0 heterocycles. The molecule has 94 valence electrons. The highest BCUT2D eigenvalue weighted by Crippen LogP contribution is 2.48. The Morgan fingerprint density at radius 3 is 2.53 bits per heavy atom. The predicted octanol–water partition coefficient (Wildman–Crippen LogP) is 1.35. The summed E-state index contributed by atoms with van der Waals surface area (Å²) in [5, 5.41) is 0. The van der Waals surface area contributed by atoms with Gasteiger partial charge in [-0.05, 0) is 38.0 Å². The third kappa shape index (κ3) is 1.83. The van der Waals surface area contributed by atoms with Crippen LogP contribution in [0.5, 0.6) is 5.75 Å². The molecule has 5 heteroatoms. The molecular weight excluding hydrogens is 238 g/mol. The van der Waals surface area contributed by atoms with Gasteiger partial charge in [0.1, 0.15) is 5.75 Å². The average molecular weight is 255 g/mol. The Morgan fingerprint density at radius 2 is 2.06 bits per heavy atom. The van der Waals surface area contributed by atoms with Gasteiger partial charge in [0.25, 0.3) is 0 Å². The van der Waals surface area contributed by atoms with E-state index in [1.807, 2.05) is 0 Å². The lowest BCUT2D eigenvalue weighted by Gasteiger charge is -2.20. The first-order chi connectivity index (χ1) is 7.94. The minimum absolute atomic E-state index is 0.298. The second-order valence-corrected chi connectivity index (χ2v) is 6.83. The number of rotatable bonds is 4. The monoisotopic (exact) mass is 255 g/mol. The van der Waals surface area contributed by atoms with Crippen molar-refractivity contribution in [3.05, 3.63) is 24.3 Å². The molecule has 1 unspecified atom stereocenters. The molecular formula is C12H17NO3S. The summed E-state index contributed by atoms with van der Waals surface area (Å²) in [6, 6.07) is 6.21. The zero-order chi connectivity index (χ0) is 12.7. The van der Waals surface area contributed by atoms with E-state index >= 15 is 0 Å². The molecule has 2 rings (SSSR count). The summed E-state index contributed by atoms with van der Waals surface area (Å²) in [5.74, 6) is 0.548. The van der Waals surface area contributed by atoms with Gasteiger partial charge in [0.05, 0.1) is 16.8 Å². The molecule has 1 atom stereocenters. The Kier molecular flexibility index (Phi) is 2.91. The summed E-state index contributed by atoms with van der Waals surface area (Å²) in [5.41, 5.74) is 5.82. The van der Waals surface area contributed by atoms with Gasteiger partial charge in [0.15, 0.2) is 9.84 Å². The van der Waals surface area contributed by atoms with E-state index in [1.165, 1.54) is 7.11 Å². The summed E-state index contributed by atoms with van der Waals surface area (Å²) in [6.07, 6.45) is 1.29. The SMILES string of the molecule is COc1cccc(S(=O)(=O)C2(C(C)N)CC2)c1. The third-order valence-corrected chi connectivity index (χ3v) is 6.18. The first-order valence-corrected chi connectivity index (χ1v) is 7.06. The van der Waals surface area contributed by atoms with Gasteiger partial charge in [-0.3, -0.25) is 0 Å². The zero-order valence-corrected chi connectivity index (χ0v) is 10.8. The van der Waals surface area contributed by atoms with Gasteiger partial charge in [-0.2, -0.15) is 0 Å². The Morgan fingerprint density at radius 1 is 1.41 bits per heavy atom. The molecule has 0 saturated heterocycles. The number of benzene rings is 1. The minimum Gasteiger partial charge on any atom is -0.497 e. The quantitative estimate of drug-likeness (QED) is 0.881. The maximum atomic E-state index is 12.5. The van der Waals surface area contributed by atoms with Gasteiger partial charge in [0, 0.05) is 6.04 Å². The standard InChI is InChI=1S/C12H17NO3S/c1-9(13)12(6-7-12)17(14,15)11-5-3-4-10(8-11)16-2/h3-5,8-9H,6-7,13H2,1-2H3. The summed E-state index contributed by atoms with van der Waals surface area (Å²) >= 11 is 0. The van der Waals surface area contributed by atoms with E-state index in [1.54, 1.807) is 31.2 Å². The van der Waals surface area contributed by atoms with Gasteiger partial charge < -0.3 is 10.5 Å². The molecule has 0 bridgehead atoms. The van der Waals surface area contributed by atoms with Gasteiger partial charge in [0.2, 0.25) is 0 Å². The minimum atomic E-state index is -3.36. The number of sulfone groups is 1. The topological polar surface area (TPSA) is 69.4 Å². The van der Waals surface area contributed by atoms with Crippen molar-refractivity contribution in [3.8, 4) is 5.75 Å². The van der Waals surface area contributed by atoms with Crippen LogP contribution in [0.4, 0.5) is 0 Å². The molecule has 2 N–H and O–H groups in total. The van der Waals surface area contributed by atoms with Crippen LogP contribution in [0.3, 0.4) is 0 Å². The van der Waals surface area contributed by atoms with E-state index in [2.05, 4.69) is 0 Å². The molecule has 17 heavy (non-hydrogen) atoms. The molecule has 0 aliphatic heterocycles. The Hall–Kier alpha value is -1.07. The van der Waals surface area contributed by atoms with Crippen LogP contribution >= 0.6 is 0 Å². The predicted molar refractivity (Wildman–Crippen MR) is 65.8 cm³/mol. The second-order valence-electron chi connectivity index (χ2n) is 4.54.